The Morgan fingerprint density at radius 2 is 1.90 bits per heavy atom. The summed E-state index contributed by atoms with van der Waals surface area (Å²) in [5.41, 5.74) is 5.52. The maximum atomic E-state index is 11.7. The number of benzene rings is 1. The molecule has 0 unspecified atom stereocenters. The molecule has 1 aromatic carbocycles. The monoisotopic (exact) mass is 288 g/mol. The van der Waals surface area contributed by atoms with Gasteiger partial charge in [-0.25, -0.2) is 15.8 Å². The SMILES string of the molecule is Cc1cc(C)nc(SCc2ccccc2C(=O)NN)n1. The molecule has 0 spiro atoms. The normalized spacial score (nSPS) is 10.3. The molecule has 0 aliphatic carbocycles. The van der Waals surface area contributed by atoms with Crippen LogP contribution in [0.3, 0.4) is 0 Å². The molecule has 0 radical (unpaired) electrons. The molecule has 0 atom stereocenters. The van der Waals surface area contributed by atoms with Crippen molar-refractivity contribution in [2.24, 2.45) is 5.84 Å². The van der Waals surface area contributed by atoms with Crippen molar-refractivity contribution in [3.63, 3.8) is 0 Å². The van der Waals surface area contributed by atoms with E-state index in [2.05, 4.69) is 15.4 Å². The Morgan fingerprint density at radius 3 is 2.55 bits per heavy atom. The van der Waals surface area contributed by atoms with Gasteiger partial charge in [0.1, 0.15) is 0 Å². The van der Waals surface area contributed by atoms with Gasteiger partial charge in [0.25, 0.3) is 5.91 Å². The highest BCUT2D eigenvalue weighted by Crippen LogP contribution is 2.22. The molecule has 0 saturated heterocycles. The molecule has 20 heavy (non-hydrogen) atoms. The molecule has 104 valence electrons. The van der Waals surface area contributed by atoms with E-state index >= 15 is 0 Å². The van der Waals surface area contributed by atoms with Gasteiger partial charge in [-0.1, -0.05) is 30.0 Å². The van der Waals surface area contributed by atoms with Gasteiger partial charge in [-0.15, -0.1) is 0 Å². The Kier molecular flexibility index (Phi) is 4.70. The van der Waals surface area contributed by atoms with E-state index in [9.17, 15) is 4.79 Å². The average Bonchev–Trinajstić information content (AvgIpc) is 2.43. The van der Waals surface area contributed by atoms with Crippen LogP contribution in [0.25, 0.3) is 0 Å². The lowest BCUT2D eigenvalue weighted by Crippen LogP contribution is -2.30. The molecule has 0 aliphatic rings. The van der Waals surface area contributed by atoms with Crippen molar-refractivity contribution in [3.8, 4) is 0 Å². The van der Waals surface area contributed by atoms with Crippen molar-refractivity contribution in [1.29, 1.82) is 0 Å². The lowest BCUT2D eigenvalue weighted by molar-refractivity contribution is 0.0953. The third-order valence-electron chi connectivity index (χ3n) is 2.71. The Bertz CT molecular complexity index is 610. The summed E-state index contributed by atoms with van der Waals surface area (Å²) >= 11 is 1.50. The minimum atomic E-state index is -0.289. The Balaban J connectivity index is 2.16. The third-order valence-corrected chi connectivity index (χ3v) is 3.61. The first kappa shape index (κ1) is 14.5. The van der Waals surface area contributed by atoms with E-state index in [1.165, 1.54) is 11.8 Å². The lowest BCUT2D eigenvalue weighted by atomic mass is 10.1. The number of carbonyl (C=O) groups is 1. The summed E-state index contributed by atoms with van der Waals surface area (Å²) in [6, 6.07) is 9.29. The van der Waals surface area contributed by atoms with Gasteiger partial charge in [0.05, 0.1) is 0 Å². The number of hydrogen-bond donors (Lipinski definition) is 2. The number of hydrazine groups is 1. The topological polar surface area (TPSA) is 80.9 Å². The number of thioether (sulfide) groups is 1. The van der Waals surface area contributed by atoms with E-state index in [1.807, 2.05) is 38.1 Å². The number of rotatable bonds is 4. The van der Waals surface area contributed by atoms with Gasteiger partial charge < -0.3 is 0 Å². The van der Waals surface area contributed by atoms with E-state index in [-0.39, 0.29) is 5.91 Å². The number of aromatic nitrogens is 2. The van der Waals surface area contributed by atoms with E-state index in [4.69, 9.17) is 5.84 Å². The molecule has 2 aromatic rings. The van der Waals surface area contributed by atoms with Crippen LogP contribution in [-0.4, -0.2) is 15.9 Å². The van der Waals surface area contributed by atoms with Gasteiger partial charge in [0.2, 0.25) is 0 Å². The molecule has 0 fully saturated rings. The zero-order chi connectivity index (χ0) is 14.5. The number of amides is 1. The second-order valence-corrected chi connectivity index (χ2v) is 5.30. The molecule has 0 saturated carbocycles. The van der Waals surface area contributed by atoms with Crippen molar-refractivity contribution in [2.45, 2.75) is 24.8 Å². The van der Waals surface area contributed by atoms with Crippen molar-refractivity contribution in [3.05, 3.63) is 52.8 Å². The number of nitrogens with one attached hydrogen (secondary N) is 1. The zero-order valence-corrected chi connectivity index (χ0v) is 12.2. The predicted molar refractivity (Wildman–Crippen MR) is 79.2 cm³/mol. The minimum Gasteiger partial charge on any atom is -0.290 e. The number of nitrogens with two attached hydrogens (primary N) is 1. The van der Waals surface area contributed by atoms with Gasteiger partial charge in [-0.3, -0.25) is 10.2 Å². The number of aryl methyl sites for hydroxylation is 2. The van der Waals surface area contributed by atoms with Crippen LogP contribution in [0.1, 0.15) is 27.3 Å². The summed E-state index contributed by atoms with van der Waals surface area (Å²) in [5.74, 6) is 5.52. The largest absolute Gasteiger partial charge is 0.290 e. The lowest BCUT2D eigenvalue weighted by Gasteiger charge is -2.08. The first-order valence-electron chi connectivity index (χ1n) is 6.14. The Morgan fingerprint density at radius 1 is 1.25 bits per heavy atom. The van der Waals surface area contributed by atoms with E-state index < -0.39 is 0 Å². The molecule has 1 heterocycles. The van der Waals surface area contributed by atoms with Crippen LogP contribution in [0, 0.1) is 13.8 Å². The van der Waals surface area contributed by atoms with E-state index in [0.717, 1.165) is 17.0 Å². The second kappa shape index (κ2) is 6.49. The molecule has 0 bridgehead atoms. The quantitative estimate of drug-likeness (QED) is 0.296. The average molecular weight is 288 g/mol. The first-order valence-corrected chi connectivity index (χ1v) is 7.12. The molecular formula is C14H16N4OS. The van der Waals surface area contributed by atoms with Crippen molar-refractivity contribution in [2.75, 3.05) is 0 Å². The fraction of sp³-hybridized carbons (Fsp3) is 0.214. The van der Waals surface area contributed by atoms with Gasteiger partial charge in [-0.2, -0.15) is 0 Å². The van der Waals surface area contributed by atoms with Crippen molar-refractivity contribution in [1.82, 2.24) is 15.4 Å². The summed E-state index contributed by atoms with van der Waals surface area (Å²) < 4.78 is 0. The molecular weight excluding hydrogens is 272 g/mol. The van der Waals surface area contributed by atoms with Crippen LogP contribution in [0.5, 0.6) is 0 Å². The summed E-state index contributed by atoms with van der Waals surface area (Å²) in [5, 5.41) is 0.713. The number of carbonyl (C=O) groups excluding carboxylic acids is 1. The van der Waals surface area contributed by atoms with Gasteiger partial charge >= 0.3 is 0 Å². The Hall–Kier alpha value is -1.92. The number of nitrogen functional groups attached to an aromatic ring is 1. The van der Waals surface area contributed by atoms with Crippen LogP contribution in [0.2, 0.25) is 0 Å². The Labute approximate surface area is 122 Å². The molecule has 6 heteroatoms. The molecule has 0 aliphatic heterocycles. The van der Waals surface area contributed by atoms with E-state index in [1.54, 1.807) is 6.07 Å². The third kappa shape index (κ3) is 3.55. The fourth-order valence-electron chi connectivity index (χ4n) is 1.85. The fourth-order valence-corrected chi connectivity index (χ4v) is 2.80. The standard InChI is InChI=1S/C14H16N4OS/c1-9-7-10(2)17-14(16-9)20-8-11-5-3-4-6-12(11)13(19)18-15/h3-7H,8,15H2,1-2H3,(H,18,19). The van der Waals surface area contributed by atoms with Crippen LogP contribution in [0.15, 0.2) is 35.5 Å². The minimum absolute atomic E-state index is 0.289. The first-order chi connectivity index (χ1) is 9.60. The maximum Gasteiger partial charge on any atom is 0.265 e. The van der Waals surface area contributed by atoms with Crippen LogP contribution < -0.4 is 11.3 Å². The summed E-state index contributed by atoms with van der Waals surface area (Å²) in [6.45, 7) is 3.88. The molecule has 1 aromatic heterocycles. The summed E-state index contributed by atoms with van der Waals surface area (Å²) in [6.07, 6.45) is 0. The van der Waals surface area contributed by atoms with E-state index in [0.29, 0.717) is 16.5 Å². The number of nitrogens with zero attached hydrogens (tertiary/aromatic N) is 2. The van der Waals surface area contributed by atoms with Gasteiger partial charge in [0.15, 0.2) is 5.16 Å². The molecule has 1 amide bonds. The highest BCUT2D eigenvalue weighted by molar-refractivity contribution is 7.98. The summed E-state index contributed by atoms with van der Waals surface area (Å²) in [4.78, 5) is 20.4. The van der Waals surface area contributed by atoms with Gasteiger partial charge in [-0.05, 0) is 31.5 Å². The van der Waals surface area contributed by atoms with Crippen molar-refractivity contribution < 1.29 is 4.79 Å². The molecule has 2 rings (SSSR count). The summed E-state index contributed by atoms with van der Waals surface area (Å²) in [7, 11) is 0. The van der Waals surface area contributed by atoms with Crippen LogP contribution in [-0.2, 0) is 5.75 Å². The van der Waals surface area contributed by atoms with Crippen molar-refractivity contribution >= 4 is 17.7 Å². The molecule has 5 nitrogen and oxygen atoms in total. The highest BCUT2D eigenvalue weighted by Gasteiger charge is 2.10. The predicted octanol–water partition coefficient (Wildman–Crippen LogP) is 1.99. The number of hydrogen-bond acceptors (Lipinski definition) is 5. The molecule has 3 N–H and O–H groups in total. The zero-order valence-electron chi connectivity index (χ0n) is 11.4. The smallest absolute Gasteiger partial charge is 0.265 e. The highest BCUT2D eigenvalue weighted by atomic mass is 32.2. The maximum absolute atomic E-state index is 11.7. The van der Waals surface area contributed by atoms with Gasteiger partial charge in [0, 0.05) is 22.7 Å². The van der Waals surface area contributed by atoms with Crippen LogP contribution in [0.4, 0.5) is 0 Å². The van der Waals surface area contributed by atoms with Crippen LogP contribution >= 0.6 is 11.8 Å². The second-order valence-electron chi connectivity index (χ2n) is 4.35.